The second-order valence-corrected chi connectivity index (χ2v) is 12.5. The number of benzene rings is 2. The van der Waals surface area contributed by atoms with E-state index in [2.05, 4.69) is 10.3 Å². The molecule has 1 atom stereocenters. The number of sulfone groups is 1. The Kier molecular flexibility index (Phi) is 9.93. The molecule has 0 spiro atoms. The van der Waals surface area contributed by atoms with E-state index < -0.39 is 49.8 Å². The Morgan fingerprint density at radius 3 is 2.21 bits per heavy atom. The lowest BCUT2D eigenvalue weighted by atomic mass is 10.0. The summed E-state index contributed by atoms with van der Waals surface area (Å²) in [5, 5.41) is 19.3. The zero-order valence-electron chi connectivity index (χ0n) is 22.7. The van der Waals surface area contributed by atoms with Crippen LogP contribution in [0.3, 0.4) is 0 Å². The van der Waals surface area contributed by atoms with Crippen molar-refractivity contribution in [3.05, 3.63) is 64.2 Å². The Labute approximate surface area is 241 Å². The molecule has 17 heteroatoms. The van der Waals surface area contributed by atoms with Crippen LogP contribution in [0.2, 0.25) is 0 Å². The molecule has 3 aromatic rings. The van der Waals surface area contributed by atoms with Crippen LogP contribution < -0.4 is 16.4 Å². The first kappa shape index (κ1) is 33.5. The third-order valence-electron chi connectivity index (χ3n) is 6.88. The molecular weight excluding hydrogens is 607 g/mol. The SMILES string of the molecule is CC(CCn1cnc2cc(-c3ccc(CNC4CC4)cc3F)c(F)cc2c1=O)(C(=O)NO)S(C)(=O)=O.O=C(O)C(F)(F)F. The molecule has 1 unspecified atom stereocenters. The lowest BCUT2D eigenvalue weighted by Crippen LogP contribution is -2.50. The van der Waals surface area contributed by atoms with Gasteiger partial charge in [-0.15, -0.1) is 0 Å². The number of carbonyl (C=O) groups is 2. The van der Waals surface area contributed by atoms with Crippen LogP contribution in [0, 0.1) is 11.6 Å². The molecule has 0 bridgehead atoms. The van der Waals surface area contributed by atoms with Gasteiger partial charge in [-0.2, -0.15) is 13.2 Å². The van der Waals surface area contributed by atoms with E-state index in [0.717, 1.165) is 48.5 Å². The molecule has 1 amide bonds. The molecule has 234 valence electrons. The number of fused-ring (bicyclic) bond motifs is 1. The first-order valence-electron chi connectivity index (χ1n) is 12.5. The van der Waals surface area contributed by atoms with Crippen molar-refractivity contribution >= 4 is 32.6 Å². The van der Waals surface area contributed by atoms with Gasteiger partial charge in [-0.3, -0.25) is 19.4 Å². The summed E-state index contributed by atoms with van der Waals surface area (Å²) in [7, 11) is -3.96. The van der Waals surface area contributed by atoms with Gasteiger partial charge in [-0.05, 0) is 49.9 Å². The molecule has 4 N–H and O–H groups in total. The number of amides is 1. The quantitative estimate of drug-likeness (QED) is 0.157. The molecule has 1 heterocycles. The van der Waals surface area contributed by atoms with E-state index in [4.69, 9.17) is 15.1 Å². The molecule has 1 fully saturated rings. The third-order valence-corrected chi connectivity index (χ3v) is 8.91. The molecule has 1 aliphatic carbocycles. The summed E-state index contributed by atoms with van der Waals surface area (Å²) in [4.78, 5) is 38.0. The summed E-state index contributed by atoms with van der Waals surface area (Å²) in [6, 6.07) is 7.27. The lowest BCUT2D eigenvalue weighted by molar-refractivity contribution is -0.192. The monoisotopic (exact) mass is 634 g/mol. The van der Waals surface area contributed by atoms with E-state index in [-0.39, 0.29) is 35.0 Å². The van der Waals surface area contributed by atoms with Crippen LogP contribution in [0.1, 0.15) is 31.7 Å². The van der Waals surface area contributed by atoms with Crippen molar-refractivity contribution in [3.8, 4) is 11.1 Å². The van der Waals surface area contributed by atoms with Gasteiger partial charge in [0.25, 0.3) is 11.5 Å². The van der Waals surface area contributed by atoms with Gasteiger partial charge in [-0.1, -0.05) is 12.1 Å². The topological polar surface area (TPSA) is 168 Å². The maximum atomic E-state index is 15.0. The molecule has 0 saturated heterocycles. The number of carboxylic acids is 1. The van der Waals surface area contributed by atoms with Crippen molar-refractivity contribution in [3.63, 3.8) is 0 Å². The van der Waals surface area contributed by atoms with Crippen LogP contribution >= 0.6 is 0 Å². The number of carboxylic acid groups (broad SMARTS) is 1. The zero-order valence-corrected chi connectivity index (χ0v) is 23.5. The Bertz CT molecular complexity index is 1710. The van der Waals surface area contributed by atoms with Gasteiger partial charge in [0.1, 0.15) is 11.6 Å². The Morgan fingerprint density at radius 1 is 1.09 bits per heavy atom. The number of hydroxylamine groups is 1. The minimum Gasteiger partial charge on any atom is -0.475 e. The maximum Gasteiger partial charge on any atom is 0.490 e. The van der Waals surface area contributed by atoms with Crippen LogP contribution in [-0.2, 0) is 32.5 Å². The molecule has 0 radical (unpaired) electrons. The fraction of sp³-hybridized carbons (Fsp3) is 0.385. The van der Waals surface area contributed by atoms with Crippen molar-refractivity contribution in [2.75, 3.05) is 6.26 Å². The summed E-state index contributed by atoms with van der Waals surface area (Å²) in [6.45, 7) is 1.40. The predicted molar refractivity (Wildman–Crippen MR) is 143 cm³/mol. The van der Waals surface area contributed by atoms with E-state index in [1.165, 1.54) is 23.7 Å². The number of alkyl halides is 3. The number of rotatable bonds is 9. The van der Waals surface area contributed by atoms with Gasteiger partial charge >= 0.3 is 12.1 Å². The lowest BCUT2D eigenvalue weighted by Gasteiger charge is -2.25. The molecule has 2 aromatic carbocycles. The fourth-order valence-electron chi connectivity index (χ4n) is 3.90. The average Bonchev–Trinajstić information content (AvgIpc) is 3.75. The van der Waals surface area contributed by atoms with Crippen LogP contribution in [0.15, 0.2) is 41.5 Å². The van der Waals surface area contributed by atoms with Gasteiger partial charge in [-0.25, -0.2) is 32.5 Å². The highest BCUT2D eigenvalue weighted by atomic mass is 32.2. The van der Waals surface area contributed by atoms with Crippen molar-refractivity contribution < 1.29 is 50.3 Å². The first-order chi connectivity index (χ1) is 19.9. The number of nitrogens with zero attached hydrogens (tertiary/aromatic N) is 2. The number of nitrogens with one attached hydrogen (secondary N) is 2. The molecular formula is C26H27F5N4O7S. The summed E-state index contributed by atoms with van der Waals surface area (Å²) >= 11 is 0. The van der Waals surface area contributed by atoms with E-state index in [9.17, 15) is 35.6 Å². The van der Waals surface area contributed by atoms with Crippen molar-refractivity contribution in [2.24, 2.45) is 0 Å². The third kappa shape index (κ3) is 7.91. The highest BCUT2D eigenvalue weighted by Crippen LogP contribution is 2.29. The highest BCUT2D eigenvalue weighted by molar-refractivity contribution is 7.92. The predicted octanol–water partition coefficient (Wildman–Crippen LogP) is 2.93. The number of hydrogen-bond acceptors (Lipinski definition) is 8. The maximum absolute atomic E-state index is 15.0. The second kappa shape index (κ2) is 12.7. The van der Waals surface area contributed by atoms with Gasteiger partial charge in [0.2, 0.25) is 0 Å². The minimum atomic E-state index is -5.08. The standard InChI is InChI=1S/C24H26F2N4O5S.C2HF3O2/c1-24(23(32)29-33,36(2,34)35)7-8-30-13-28-21-11-17(20(26)10-18(21)22(30)31)16-6-3-14(9-19(16)25)12-27-15-4-5-15;3-2(4,5)1(6)7/h3,6,9-11,13,15,27,33H,4-5,7-8,12H2,1-2H3,(H,29,32);(H,6,7). The fourth-order valence-corrected chi connectivity index (χ4v) is 4.75. The Morgan fingerprint density at radius 2 is 1.70 bits per heavy atom. The Balaban J connectivity index is 0.000000646. The van der Waals surface area contributed by atoms with Crippen molar-refractivity contribution in [1.29, 1.82) is 0 Å². The van der Waals surface area contributed by atoms with E-state index >= 15 is 4.39 Å². The van der Waals surface area contributed by atoms with E-state index in [0.29, 0.717) is 12.6 Å². The largest absolute Gasteiger partial charge is 0.490 e. The number of carbonyl (C=O) groups excluding carboxylic acids is 1. The first-order valence-corrected chi connectivity index (χ1v) is 14.4. The molecule has 0 aliphatic heterocycles. The molecule has 11 nitrogen and oxygen atoms in total. The normalized spacial score (nSPS) is 14.9. The summed E-state index contributed by atoms with van der Waals surface area (Å²) in [5.41, 5.74) is 1.54. The number of hydrogen-bond donors (Lipinski definition) is 4. The molecule has 43 heavy (non-hydrogen) atoms. The molecule has 1 aliphatic rings. The number of aliphatic carboxylic acids is 1. The van der Waals surface area contributed by atoms with Crippen LogP contribution in [0.25, 0.3) is 22.0 Å². The number of halogens is 5. The number of aromatic nitrogens is 2. The highest BCUT2D eigenvalue weighted by Gasteiger charge is 2.43. The smallest absolute Gasteiger partial charge is 0.475 e. The van der Waals surface area contributed by atoms with Gasteiger partial charge in [0.05, 0.1) is 17.2 Å². The van der Waals surface area contributed by atoms with Crippen molar-refractivity contribution in [2.45, 2.75) is 56.2 Å². The average molecular weight is 635 g/mol. The summed E-state index contributed by atoms with van der Waals surface area (Å²) in [6.07, 6.45) is -1.23. The minimum absolute atomic E-state index is 0.0366. The molecule has 4 rings (SSSR count). The van der Waals surface area contributed by atoms with E-state index in [1.54, 1.807) is 6.07 Å². The van der Waals surface area contributed by atoms with Gasteiger partial charge in [0, 0.05) is 36.5 Å². The van der Waals surface area contributed by atoms with Crippen LogP contribution in [-0.4, -0.2) is 63.4 Å². The number of aryl methyl sites for hydroxylation is 1. The zero-order chi connectivity index (χ0) is 32.3. The Hall–Kier alpha value is -3.96. The molecule has 1 saturated carbocycles. The van der Waals surface area contributed by atoms with E-state index in [1.807, 2.05) is 0 Å². The summed E-state index contributed by atoms with van der Waals surface area (Å²) < 4.78 is 84.9. The van der Waals surface area contributed by atoms with Gasteiger partial charge < -0.3 is 10.4 Å². The van der Waals surface area contributed by atoms with Crippen molar-refractivity contribution in [1.82, 2.24) is 20.3 Å². The molecule has 1 aromatic heterocycles. The van der Waals surface area contributed by atoms with Gasteiger partial charge in [0.15, 0.2) is 14.6 Å². The summed E-state index contributed by atoms with van der Waals surface area (Å²) in [5.74, 6) is -5.31. The van der Waals surface area contributed by atoms with Crippen LogP contribution in [0.4, 0.5) is 22.0 Å². The second-order valence-electron chi connectivity index (χ2n) is 10.1. The van der Waals surface area contributed by atoms with Crippen LogP contribution in [0.5, 0.6) is 0 Å².